The van der Waals surface area contributed by atoms with Gasteiger partial charge in [0.05, 0.1) is 0 Å². The lowest BCUT2D eigenvalue weighted by Crippen LogP contribution is -2.34. The lowest BCUT2D eigenvalue weighted by molar-refractivity contribution is 0.209. The molecule has 2 aliphatic rings. The highest BCUT2D eigenvalue weighted by Gasteiger charge is 2.17. The van der Waals surface area contributed by atoms with E-state index < -0.39 is 0 Å². The highest BCUT2D eigenvalue weighted by atomic mass is 15.1. The molecule has 2 nitrogen and oxygen atoms in total. The predicted octanol–water partition coefficient (Wildman–Crippen LogP) is 3.42. The third-order valence-corrected chi connectivity index (χ3v) is 4.93. The maximum Gasteiger partial charge on any atom is 0.00670 e. The summed E-state index contributed by atoms with van der Waals surface area (Å²) < 4.78 is 0. The van der Waals surface area contributed by atoms with E-state index in [-0.39, 0.29) is 0 Å². The van der Waals surface area contributed by atoms with Crippen LogP contribution < -0.4 is 5.32 Å². The Labute approximate surface area is 114 Å². The number of rotatable bonds is 4. The molecule has 0 radical (unpaired) electrons. The Hall–Kier alpha value is -0.0800. The van der Waals surface area contributed by atoms with Crippen molar-refractivity contribution >= 4 is 0 Å². The Morgan fingerprint density at radius 1 is 0.889 bits per heavy atom. The van der Waals surface area contributed by atoms with E-state index in [9.17, 15) is 0 Å². The van der Waals surface area contributed by atoms with Crippen LogP contribution in [0.1, 0.15) is 64.2 Å². The largest absolute Gasteiger partial charge is 0.314 e. The van der Waals surface area contributed by atoms with E-state index in [1.165, 1.54) is 83.8 Å². The van der Waals surface area contributed by atoms with Crippen molar-refractivity contribution in [1.29, 1.82) is 0 Å². The molecule has 1 saturated carbocycles. The maximum absolute atomic E-state index is 3.83. The molecule has 2 heteroatoms. The minimum absolute atomic E-state index is 0.830. The van der Waals surface area contributed by atoms with Crippen LogP contribution in [-0.2, 0) is 0 Å². The van der Waals surface area contributed by atoms with E-state index in [0.717, 1.165) is 12.0 Å². The molecule has 1 aliphatic carbocycles. The Balaban J connectivity index is 1.56. The Morgan fingerprint density at radius 2 is 1.50 bits per heavy atom. The van der Waals surface area contributed by atoms with Crippen molar-refractivity contribution in [2.75, 3.05) is 26.7 Å². The molecule has 106 valence electrons. The summed E-state index contributed by atoms with van der Waals surface area (Å²) in [5.74, 6) is 0.988. The summed E-state index contributed by atoms with van der Waals surface area (Å²) in [5.41, 5.74) is 0. The zero-order valence-corrected chi connectivity index (χ0v) is 12.3. The Morgan fingerprint density at radius 3 is 2.17 bits per heavy atom. The van der Waals surface area contributed by atoms with Gasteiger partial charge in [-0.25, -0.2) is 0 Å². The number of nitrogens with zero attached hydrogens (tertiary/aromatic N) is 1. The van der Waals surface area contributed by atoms with E-state index in [1.807, 2.05) is 0 Å². The molecule has 1 aliphatic heterocycles. The van der Waals surface area contributed by atoms with Gasteiger partial charge in [0.2, 0.25) is 0 Å². The van der Waals surface area contributed by atoms with Crippen LogP contribution in [0.15, 0.2) is 0 Å². The summed E-state index contributed by atoms with van der Waals surface area (Å²) in [5, 5.41) is 3.83. The lowest BCUT2D eigenvalue weighted by Gasteiger charge is -2.29. The highest BCUT2D eigenvalue weighted by molar-refractivity contribution is 4.73. The highest BCUT2D eigenvalue weighted by Crippen LogP contribution is 2.20. The Bertz CT molecular complexity index is 201. The molecular formula is C16H32N2. The standard InChI is InChI=1S/C16H32N2/c1-18-13-10-15(11-14-18)9-12-17-16-7-5-3-2-4-6-8-16/h15-17H,2-14H2,1H3. The van der Waals surface area contributed by atoms with Crippen LogP contribution in [-0.4, -0.2) is 37.6 Å². The second kappa shape index (κ2) is 8.16. The molecule has 0 amide bonds. The molecule has 0 spiro atoms. The lowest BCUT2D eigenvalue weighted by atomic mass is 9.93. The van der Waals surface area contributed by atoms with Gasteiger partial charge in [0.1, 0.15) is 0 Å². The van der Waals surface area contributed by atoms with E-state index in [2.05, 4.69) is 17.3 Å². The SMILES string of the molecule is CN1CCC(CCNC2CCCCCCC2)CC1. The average molecular weight is 252 g/mol. The van der Waals surface area contributed by atoms with E-state index in [4.69, 9.17) is 0 Å². The third kappa shape index (κ3) is 5.27. The molecule has 0 atom stereocenters. The molecular weight excluding hydrogens is 220 g/mol. The summed E-state index contributed by atoms with van der Waals surface area (Å²) in [6.07, 6.45) is 14.4. The first-order valence-corrected chi connectivity index (χ1v) is 8.26. The number of hydrogen-bond donors (Lipinski definition) is 1. The summed E-state index contributed by atoms with van der Waals surface area (Å²) in [4.78, 5) is 2.47. The zero-order chi connectivity index (χ0) is 12.6. The first kappa shape index (κ1) is 14.3. The molecule has 0 aromatic rings. The van der Waals surface area contributed by atoms with Crippen LogP contribution in [0.25, 0.3) is 0 Å². The first-order chi connectivity index (χ1) is 8.84. The fourth-order valence-corrected chi connectivity index (χ4v) is 3.50. The van der Waals surface area contributed by atoms with E-state index >= 15 is 0 Å². The normalized spacial score (nSPS) is 25.8. The van der Waals surface area contributed by atoms with Crippen LogP contribution in [0.5, 0.6) is 0 Å². The van der Waals surface area contributed by atoms with Crippen LogP contribution in [0.2, 0.25) is 0 Å². The second-order valence-electron chi connectivity index (χ2n) is 6.53. The van der Waals surface area contributed by atoms with Crippen molar-refractivity contribution in [2.24, 2.45) is 5.92 Å². The van der Waals surface area contributed by atoms with Crippen LogP contribution >= 0.6 is 0 Å². The molecule has 2 fully saturated rings. The number of piperidine rings is 1. The molecule has 1 heterocycles. The van der Waals surface area contributed by atoms with Crippen molar-refractivity contribution in [3.05, 3.63) is 0 Å². The van der Waals surface area contributed by atoms with Crippen LogP contribution in [0.4, 0.5) is 0 Å². The quantitative estimate of drug-likeness (QED) is 0.825. The Kier molecular flexibility index (Phi) is 6.50. The van der Waals surface area contributed by atoms with Crippen molar-refractivity contribution < 1.29 is 0 Å². The maximum atomic E-state index is 3.83. The van der Waals surface area contributed by atoms with Gasteiger partial charge in [-0.05, 0) is 64.7 Å². The van der Waals surface area contributed by atoms with Crippen LogP contribution in [0.3, 0.4) is 0 Å². The van der Waals surface area contributed by atoms with Gasteiger partial charge in [-0.2, -0.15) is 0 Å². The monoisotopic (exact) mass is 252 g/mol. The van der Waals surface area contributed by atoms with Gasteiger partial charge >= 0.3 is 0 Å². The molecule has 0 aromatic carbocycles. The molecule has 1 saturated heterocycles. The van der Waals surface area contributed by atoms with Gasteiger partial charge < -0.3 is 10.2 Å². The van der Waals surface area contributed by atoms with Crippen LogP contribution in [0, 0.1) is 5.92 Å². The molecule has 2 rings (SSSR count). The van der Waals surface area contributed by atoms with Crippen molar-refractivity contribution in [1.82, 2.24) is 10.2 Å². The van der Waals surface area contributed by atoms with Gasteiger partial charge in [0.15, 0.2) is 0 Å². The van der Waals surface area contributed by atoms with Crippen molar-refractivity contribution in [2.45, 2.75) is 70.3 Å². The molecule has 0 unspecified atom stereocenters. The van der Waals surface area contributed by atoms with Crippen molar-refractivity contribution in [3.63, 3.8) is 0 Å². The van der Waals surface area contributed by atoms with Crippen molar-refractivity contribution in [3.8, 4) is 0 Å². The van der Waals surface area contributed by atoms with E-state index in [1.54, 1.807) is 0 Å². The van der Waals surface area contributed by atoms with Gasteiger partial charge in [-0.3, -0.25) is 0 Å². The molecule has 1 N–H and O–H groups in total. The number of hydrogen-bond acceptors (Lipinski definition) is 2. The van der Waals surface area contributed by atoms with Gasteiger partial charge in [-0.1, -0.05) is 32.1 Å². The minimum Gasteiger partial charge on any atom is -0.314 e. The van der Waals surface area contributed by atoms with Gasteiger partial charge in [-0.15, -0.1) is 0 Å². The first-order valence-electron chi connectivity index (χ1n) is 8.26. The fourth-order valence-electron chi connectivity index (χ4n) is 3.50. The summed E-state index contributed by atoms with van der Waals surface area (Å²) >= 11 is 0. The zero-order valence-electron chi connectivity index (χ0n) is 12.3. The summed E-state index contributed by atoms with van der Waals surface area (Å²) in [7, 11) is 2.25. The minimum atomic E-state index is 0.830. The number of likely N-dealkylation sites (tertiary alicyclic amines) is 1. The van der Waals surface area contributed by atoms with Gasteiger partial charge in [0.25, 0.3) is 0 Å². The molecule has 18 heavy (non-hydrogen) atoms. The predicted molar refractivity (Wildman–Crippen MR) is 78.9 cm³/mol. The smallest absolute Gasteiger partial charge is 0.00670 e. The van der Waals surface area contributed by atoms with Gasteiger partial charge in [0, 0.05) is 6.04 Å². The molecule has 0 aromatic heterocycles. The average Bonchev–Trinajstić information content (AvgIpc) is 2.34. The summed E-state index contributed by atoms with van der Waals surface area (Å²) in [6, 6.07) is 0.830. The molecule has 0 bridgehead atoms. The number of nitrogens with one attached hydrogen (secondary N) is 1. The topological polar surface area (TPSA) is 15.3 Å². The second-order valence-corrected chi connectivity index (χ2v) is 6.53. The fraction of sp³-hybridized carbons (Fsp3) is 1.00. The van der Waals surface area contributed by atoms with E-state index in [0.29, 0.717) is 0 Å². The summed E-state index contributed by atoms with van der Waals surface area (Å²) in [6.45, 7) is 3.89. The third-order valence-electron chi connectivity index (χ3n) is 4.93.